The Kier molecular flexibility index (Phi) is 5.08. The maximum absolute atomic E-state index is 12.3. The number of piperidine rings is 2. The molecule has 0 aromatic carbocycles. The highest BCUT2D eigenvalue weighted by Crippen LogP contribution is 2.32. The smallest absolute Gasteiger partial charge is 0.317 e. The zero-order valence-corrected chi connectivity index (χ0v) is 13.2. The van der Waals surface area contributed by atoms with Gasteiger partial charge in [-0.15, -0.1) is 0 Å². The van der Waals surface area contributed by atoms with Crippen LogP contribution >= 0.6 is 0 Å². The molecule has 2 rings (SSSR count). The third-order valence-corrected chi connectivity index (χ3v) is 4.80. The average molecular weight is 279 g/mol. The minimum absolute atomic E-state index is 0.0723. The van der Waals surface area contributed by atoms with E-state index in [2.05, 4.69) is 23.8 Å². The molecule has 0 saturated carbocycles. The van der Waals surface area contributed by atoms with Crippen molar-refractivity contribution < 1.29 is 4.79 Å². The highest BCUT2D eigenvalue weighted by molar-refractivity contribution is 5.74. The Morgan fingerprint density at radius 3 is 2.45 bits per heavy atom. The van der Waals surface area contributed by atoms with Gasteiger partial charge in [-0.05, 0) is 46.6 Å². The van der Waals surface area contributed by atoms with Crippen LogP contribution in [0.4, 0.5) is 4.79 Å². The van der Waals surface area contributed by atoms with Crippen LogP contribution in [0.15, 0.2) is 12.2 Å². The summed E-state index contributed by atoms with van der Waals surface area (Å²) in [6.07, 6.45) is 6.11. The lowest BCUT2D eigenvalue weighted by atomic mass is 9.82. The van der Waals surface area contributed by atoms with Crippen molar-refractivity contribution in [3.8, 4) is 0 Å². The van der Waals surface area contributed by atoms with Crippen LogP contribution in [-0.4, -0.2) is 54.1 Å². The predicted octanol–water partition coefficient (Wildman–Crippen LogP) is 2.61. The van der Waals surface area contributed by atoms with Crippen LogP contribution in [-0.2, 0) is 0 Å². The molecule has 2 unspecified atom stereocenters. The minimum atomic E-state index is 0.0723. The molecule has 0 radical (unpaired) electrons. The maximum atomic E-state index is 12.3. The number of nitrogens with one attached hydrogen (secondary N) is 1. The van der Waals surface area contributed by atoms with Crippen molar-refractivity contribution in [2.45, 2.75) is 64.1 Å². The van der Waals surface area contributed by atoms with Gasteiger partial charge in [0, 0.05) is 31.2 Å². The Morgan fingerprint density at radius 1 is 1.35 bits per heavy atom. The molecule has 0 aromatic rings. The Labute approximate surface area is 123 Å². The minimum Gasteiger partial charge on any atom is -0.335 e. The summed E-state index contributed by atoms with van der Waals surface area (Å²) < 4.78 is 0. The molecule has 1 N–H and O–H groups in total. The molecule has 0 spiro atoms. The van der Waals surface area contributed by atoms with Crippen molar-refractivity contribution in [1.29, 1.82) is 0 Å². The van der Waals surface area contributed by atoms with Crippen molar-refractivity contribution in [1.82, 2.24) is 15.1 Å². The monoisotopic (exact) mass is 279 g/mol. The van der Waals surface area contributed by atoms with Gasteiger partial charge in [-0.1, -0.05) is 18.6 Å². The van der Waals surface area contributed by atoms with E-state index in [9.17, 15) is 4.79 Å². The van der Waals surface area contributed by atoms with Crippen molar-refractivity contribution in [2.75, 3.05) is 20.1 Å². The highest BCUT2D eigenvalue weighted by atomic mass is 16.2. The van der Waals surface area contributed by atoms with Crippen LogP contribution in [0.1, 0.15) is 46.0 Å². The molecule has 2 saturated heterocycles. The molecule has 0 aliphatic carbocycles. The van der Waals surface area contributed by atoms with Crippen LogP contribution in [0.5, 0.6) is 0 Å². The number of urea groups is 1. The summed E-state index contributed by atoms with van der Waals surface area (Å²) in [7, 11) is 2.24. The van der Waals surface area contributed by atoms with Gasteiger partial charge >= 0.3 is 6.03 Å². The lowest BCUT2D eigenvalue weighted by Gasteiger charge is -2.47. The topological polar surface area (TPSA) is 35.6 Å². The number of rotatable bonds is 4. The van der Waals surface area contributed by atoms with E-state index in [0.29, 0.717) is 24.7 Å². The molecule has 2 aliphatic rings. The first kappa shape index (κ1) is 15.4. The second kappa shape index (κ2) is 6.61. The summed E-state index contributed by atoms with van der Waals surface area (Å²) in [5.41, 5.74) is 1.03. The molecule has 2 aliphatic heterocycles. The second-order valence-electron chi connectivity index (χ2n) is 6.49. The standard InChI is InChI=1S/C16H29N3O/c1-5-19(11-12(2)3)16(20)17-13-9-14-7-6-8-15(10-13)18(14)4/h13-15H,2,5-11H2,1,3-4H3,(H,17,20). The number of fused-ring (bicyclic) bond motifs is 2. The molecule has 20 heavy (non-hydrogen) atoms. The summed E-state index contributed by atoms with van der Waals surface area (Å²) in [5.74, 6) is 0. The molecule has 4 heteroatoms. The van der Waals surface area contributed by atoms with Gasteiger partial charge in [0.2, 0.25) is 0 Å². The second-order valence-corrected chi connectivity index (χ2v) is 6.49. The molecule has 0 aromatic heterocycles. The van der Waals surface area contributed by atoms with E-state index in [1.807, 2.05) is 18.7 Å². The zero-order valence-electron chi connectivity index (χ0n) is 13.2. The number of likely N-dealkylation sites (N-methyl/N-ethyl adjacent to an activating group) is 1. The average Bonchev–Trinajstić information content (AvgIpc) is 2.36. The van der Waals surface area contributed by atoms with Crippen LogP contribution in [0, 0.1) is 0 Å². The molecule has 2 fully saturated rings. The first-order valence-corrected chi connectivity index (χ1v) is 7.93. The highest BCUT2D eigenvalue weighted by Gasteiger charge is 2.36. The zero-order chi connectivity index (χ0) is 14.7. The molecular weight excluding hydrogens is 250 g/mol. The van der Waals surface area contributed by atoms with Gasteiger partial charge in [0.25, 0.3) is 0 Å². The first-order chi connectivity index (χ1) is 9.51. The number of hydrogen-bond acceptors (Lipinski definition) is 2. The molecule has 4 nitrogen and oxygen atoms in total. The molecule has 2 bridgehead atoms. The van der Waals surface area contributed by atoms with E-state index >= 15 is 0 Å². The van der Waals surface area contributed by atoms with Crippen molar-refractivity contribution in [3.63, 3.8) is 0 Å². The number of nitrogens with zero attached hydrogens (tertiary/aromatic N) is 2. The summed E-state index contributed by atoms with van der Waals surface area (Å²) in [6.45, 7) is 9.28. The largest absolute Gasteiger partial charge is 0.335 e. The first-order valence-electron chi connectivity index (χ1n) is 7.93. The third-order valence-electron chi connectivity index (χ3n) is 4.80. The number of hydrogen-bond donors (Lipinski definition) is 1. The van der Waals surface area contributed by atoms with Crippen molar-refractivity contribution in [3.05, 3.63) is 12.2 Å². The van der Waals surface area contributed by atoms with Crippen LogP contribution < -0.4 is 5.32 Å². The van der Waals surface area contributed by atoms with E-state index in [4.69, 9.17) is 0 Å². The van der Waals surface area contributed by atoms with Crippen LogP contribution in [0.2, 0.25) is 0 Å². The molecule has 2 amide bonds. The summed E-state index contributed by atoms with van der Waals surface area (Å²) in [5, 5.41) is 3.24. The summed E-state index contributed by atoms with van der Waals surface area (Å²) >= 11 is 0. The van der Waals surface area contributed by atoms with E-state index in [0.717, 1.165) is 25.0 Å². The van der Waals surface area contributed by atoms with Crippen molar-refractivity contribution >= 4 is 6.03 Å². The SMILES string of the molecule is C=C(C)CN(CC)C(=O)NC1CC2CCCC(C1)N2C. The summed E-state index contributed by atoms with van der Waals surface area (Å²) in [4.78, 5) is 16.7. The van der Waals surface area contributed by atoms with E-state index in [-0.39, 0.29) is 6.03 Å². The molecule has 114 valence electrons. The normalized spacial score (nSPS) is 29.9. The van der Waals surface area contributed by atoms with Crippen molar-refractivity contribution in [2.24, 2.45) is 0 Å². The molecular formula is C16H29N3O. The fourth-order valence-electron chi connectivity index (χ4n) is 3.65. The van der Waals surface area contributed by atoms with E-state index in [1.54, 1.807) is 0 Å². The number of amides is 2. The van der Waals surface area contributed by atoms with Gasteiger partial charge in [0.15, 0.2) is 0 Å². The van der Waals surface area contributed by atoms with Gasteiger partial charge in [-0.2, -0.15) is 0 Å². The van der Waals surface area contributed by atoms with Gasteiger partial charge in [-0.25, -0.2) is 4.79 Å². The van der Waals surface area contributed by atoms with Crippen LogP contribution in [0.25, 0.3) is 0 Å². The fraction of sp³-hybridized carbons (Fsp3) is 0.812. The number of carbonyl (C=O) groups is 1. The summed E-state index contributed by atoms with van der Waals surface area (Å²) in [6, 6.07) is 1.73. The van der Waals surface area contributed by atoms with Gasteiger partial charge in [0.05, 0.1) is 0 Å². The fourth-order valence-corrected chi connectivity index (χ4v) is 3.65. The van der Waals surface area contributed by atoms with Crippen LogP contribution in [0.3, 0.4) is 0 Å². The van der Waals surface area contributed by atoms with Gasteiger partial charge < -0.3 is 15.1 Å². The van der Waals surface area contributed by atoms with E-state index in [1.165, 1.54) is 19.3 Å². The van der Waals surface area contributed by atoms with Gasteiger partial charge in [0.1, 0.15) is 0 Å². The van der Waals surface area contributed by atoms with Gasteiger partial charge in [-0.3, -0.25) is 0 Å². The predicted molar refractivity (Wildman–Crippen MR) is 82.8 cm³/mol. The Morgan fingerprint density at radius 2 is 1.95 bits per heavy atom. The Balaban J connectivity index is 1.89. The third kappa shape index (κ3) is 3.54. The number of carbonyl (C=O) groups excluding carboxylic acids is 1. The van der Waals surface area contributed by atoms with E-state index < -0.39 is 0 Å². The lowest BCUT2D eigenvalue weighted by molar-refractivity contribution is 0.0496. The Bertz CT molecular complexity index is 355. The Hall–Kier alpha value is -1.03. The molecule has 2 atom stereocenters. The quantitative estimate of drug-likeness (QED) is 0.803. The lowest BCUT2D eigenvalue weighted by Crippen LogP contribution is -2.56. The molecule has 2 heterocycles. The maximum Gasteiger partial charge on any atom is 0.317 e.